The minimum Gasteiger partial charge on any atom is -0.445 e. The molecule has 0 nitrogen and oxygen atoms in total. The van der Waals surface area contributed by atoms with Crippen molar-refractivity contribution in [2.45, 2.75) is 6.43 Å². The minimum atomic E-state index is -5.34. The summed E-state index contributed by atoms with van der Waals surface area (Å²) in [6, 6.07) is 2.48. The third-order valence-electron chi connectivity index (χ3n) is 1.65. The summed E-state index contributed by atoms with van der Waals surface area (Å²) in [7, 11) is 0. The van der Waals surface area contributed by atoms with E-state index in [1.54, 1.807) is 0 Å². The molecule has 0 radical (unpaired) electrons. The van der Waals surface area contributed by atoms with Gasteiger partial charge in [-0.1, -0.05) is 35.3 Å². The van der Waals surface area contributed by atoms with E-state index < -0.39 is 29.5 Å². The van der Waals surface area contributed by atoms with Crippen LogP contribution >= 0.6 is 11.6 Å². The molecule has 14 heavy (non-hydrogen) atoms. The van der Waals surface area contributed by atoms with E-state index in [0.717, 1.165) is 12.1 Å². The first-order valence-electron chi connectivity index (χ1n) is 3.60. The van der Waals surface area contributed by atoms with Crippen molar-refractivity contribution in [2.75, 3.05) is 0 Å². The lowest BCUT2D eigenvalue weighted by Gasteiger charge is -2.18. The molecule has 1 aromatic carbocycles. The first-order valence-corrected chi connectivity index (χ1v) is 3.98. The van der Waals surface area contributed by atoms with Gasteiger partial charge >= 0.3 is 6.98 Å². The standard InChI is InChI=1S/C7H4BClF5/c9-6-4(7(10)11)2-1-3-5(6)8(12,13)14/h1-3,7H/q-1. The van der Waals surface area contributed by atoms with Crippen LogP contribution in [0.2, 0.25) is 5.02 Å². The van der Waals surface area contributed by atoms with E-state index >= 15 is 0 Å². The van der Waals surface area contributed by atoms with E-state index in [0.29, 0.717) is 6.07 Å². The Bertz CT molecular complexity index is 335. The summed E-state index contributed by atoms with van der Waals surface area (Å²) < 4.78 is 61.0. The van der Waals surface area contributed by atoms with Gasteiger partial charge in [0.25, 0.3) is 6.43 Å². The Kier molecular flexibility index (Phi) is 3.04. The third kappa shape index (κ3) is 2.18. The van der Waals surface area contributed by atoms with Crippen LogP contribution in [-0.2, 0) is 0 Å². The number of hydrogen-bond donors (Lipinski definition) is 0. The molecule has 78 valence electrons. The van der Waals surface area contributed by atoms with Gasteiger partial charge in [0.15, 0.2) is 0 Å². The van der Waals surface area contributed by atoms with Crippen molar-refractivity contribution in [2.24, 2.45) is 0 Å². The van der Waals surface area contributed by atoms with E-state index in [9.17, 15) is 21.7 Å². The average molecular weight is 229 g/mol. The Morgan fingerprint density at radius 2 is 1.71 bits per heavy atom. The molecule has 0 fully saturated rings. The molecule has 0 aliphatic heterocycles. The van der Waals surface area contributed by atoms with Gasteiger partial charge in [0.2, 0.25) is 0 Å². The fraction of sp³-hybridized carbons (Fsp3) is 0.143. The van der Waals surface area contributed by atoms with Gasteiger partial charge < -0.3 is 12.9 Å². The average Bonchev–Trinajstić information content (AvgIpc) is 2.01. The smallest absolute Gasteiger partial charge is 0.445 e. The van der Waals surface area contributed by atoms with Gasteiger partial charge in [0.05, 0.1) is 0 Å². The predicted octanol–water partition coefficient (Wildman–Crippen LogP) is 3.33. The zero-order chi connectivity index (χ0) is 10.9. The summed E-state index contributed by atoms with van der Waals surface area (Å²) in [5.74, 6) is 0. The SMILES string of the molecule is FC(F)c1cccc([B-](F)(F)F)c1Cl. The largest absolute Gasteiger partial charge is 0.511 e. The van der Waals surface area contributed by atoms with Crippen molar-refractivity contribution in [3.63, 3.8) is 0 Å². The number of benzene rings is 1. The van der Waals surface area contributed by atoms with E-state index in [1.165, 1.54) is 0 Å². The van der Waals surface area contributed by atoms with Crippen molar-refractivity contribution in [3.05, 3.63) is 28.8 Å². The van der Waals surface area contributed by atoms with Gasteiger partial charge in [-0.15, -0.1) is 0 Å². The second-order valence-corrected chi connectivity index (χ2v) is 3.00. The number of halogens is 6. The lowest BCUT2D eigenvalue weighted by atomic mass is 9.79. The Labute approximate surface area is 81.7 Å². The molecule has 1 aromatic rings. The van der Waals surface area contributed by atoms with Crippen LogP contribution in [0.4, 0.5) is 21.7 Å². The molecule has 0 atom stereocenters. The van der Waals surface area contributed by atoms with Crippen LogP contribution in [0.3, 0.4) is 0 Å². The molecule has 0 heterocycles. The number of hydrogen-bond acceptors (Lipinski definition) is 0. The summed E-state index contributed by atoms with van der Waals surface area (Å²) in [5.41, 5.74) is -1.96. The van der Waals surface area contributed by atoms with Gasteiger partial charge in [0.1, 0.15) is 0 Å². The quantitative estimate of drug-likeness (QED) is 0.539. The fourth-order valence-corrected chi connectivity index (χ4v) is 1.32. The van der Waals surface area contributed by atoms with E-state index in [2.05, 4.69) is 0 Å². The van der Waals surface area contributed by atoms with Gasteiger partial charge in [-0.3, -0.25) is 0 Å². The first kappa shape index (κ1) is 11.3. The first-order chi connectivity index (χ1) is 6.34. The second-order valence-electron chi connectivity index (χ2n) is 2.63. The highest BCUT2D eigenvalue weighted by Gasteiger charge is 2.30. The van der Waals surface area contributed by atoms with Crippen LogP contribution in [0.1, 0.15) is 12.0 Å². The zero-order valence-electron chi connectivity index (χ0n) is 6.65. The molecule has 0 unspecified atom stereocenters. The molecule has 0 amide bonds. The minimum absolute atomic E-state index is 0.689. The Morgan fingerprint density at radius 3 is 2.14 bits per heavy atom. The molecule has 0 N–H and O–H groups in total. The topological polar surface area (TPSA) is 0 Å². The van der Waals surface area contributed by atoms with Crippen LogP contribution in [0.5, 0.6) is 0 Å². The summed E-state index contributed by atoms with van der Waals surface area (Å²) >= 11 is 5.20. The maximum atomic E-state index is 12.2. The molecule has 0 aliphatic rings. The molecule has 0 aromatic heterocycles. The third-order valence-corrected chi connectivity index (χ3v) is 2.08. The highest BCUT2D eigenvalue weighted by molar-refractivity contribution is 6.76. The molecular formula is C7H4BClF5-. The Hall–Kier alpha value is -0.775. The molecular weight excluding hydrogens is 225 g/mol. The van der Waals surface area contributed by atoms with E-state index in [1.807, 2.05) is 0 Å². The van der Waals surface area contributed by atoms with Crippen molar-refractivity contribution in [3.8, 4) is 0 Å². The van der Waals surface area contributed by atoms with Crippen LogP contribution in [0.15, 0.2) is 18.2 Å². The second kappa shape index (κ2) is 3.77. The Balaban J connectivity index is 3.28. The number of rotatable bonds is 2. The molecule has 0 saturated heterocycles. The van der Waals surface area contributed by atoms with Crippen molar-refractivity contribution < 1.29 is 21.7 Å². The lowest BCUT2D eigenvalue weighted by molar-refractivity contribution is 0.151. The van der Waals surface area contributed by atoms with Crippen LogP contribution in [0.25, 0.3) is 0 Å². The van der Waals surface area contributed by atoms with Crippen LogP contribution in [-0.4, -0.2) is 6.98 Å². The molecule has 0 spiro atoms. The predicted molar refractivity (Wildman–Crippen MR) is 45.1 cm³/mol. The van der Waals surface area contributed by atoms with Gasteiger partial charge in [0, 0.05) is 10.6 Å². The highest BCUT2D eigenvalue weighted by Crippen LogP contribution is 2.27. The van der Waals surface area contributed by atoms with Crippen LogP contribution in [0, 0.1) is 0 Å². The molecule has 1 rings (SSSR count). The summed E-state index contributed by atoms with van der Waals surface area (Å²) in [4.78, 5) is 0. The van der Waals surface area contributed by atoms with E-state index in [-0.39, 0.29) is 0 Å². The number of alkyl halides is 2. The van der Waals surface area contributed by atoms with Gasteiger partial charge in [-0.2, -0.15) is 0 Å². The maximum Gasteiger partial charge on any atom is 0.511 e. The lowest BCUT2D eigenvalue weighted by Crippen LogP contribution is -2.35. The van der Waals surface area contributed by atoms with E-state index in [4.69, 9.17) is 11.6 Å². The maximum absolute atomic E-state index is 12.2. The van der Waals surface area contributed by atoms with Gasteiger partial charge in [-0.25, -0.2) is 8.78 Å². The fourth-order valence-electron chi connectivity index (χ4n) is 0.990. The van der Waals surface area contributed by atoms with Crippen molar-refractivity contribution in [1.82, 2.24) is 0 Å². The van der Waals surface area contributed by atoms with Crippen molar-refractivity contribution in [1.29, 1.82) is 0 Å². The monoisotopic (exact) mass is 229 g/mol. The molecule has 0 bridgehead atoms. The summed E-state index contributed by atoms with van der Waals surface area (Å²) in [6.07, 6.45) is -3.00. The van der Waals surface area contributed by atoms with Gasteiger partial charge in [-0.05, 0) is 0 Å². The summed E-state index contributed by atoms with van der Waals surface area (Å²) in [5, 5.41) is -0.907. The summed E-state index contributed by atoms with van der Waals surface area (Å²) in [6.45, 7) is -5.34. The highest BCUT2D eigenvalue weighted by atomic mass is 35.5. The molecule has 7 heteroatoms. The molecule has 0 aliphatic carbocycles. The Morgan fingerprint density at radius 1 is 1.14 bits per heavy atom. The van der Waals surface area contributed by atoms with Crippen LogP contribution < -0.4 is 5.46 Å². The van der Waals surface area contributed by atoms with Crippen molar-refractivity contribution >= 4 is 24.0 Å². The normalized spacial score (nSPS) is 12.2. The molecule has 0 saturated carbocycles. The zero-order valence-corrected chi connectivity index (χ0v) is 7.41.